The summed E-state index contributed by atoms with van der Waals surface area (Å²) in [5, 5.41) is 73.4. The lowest BCUT2D eigenvalue weighted by Gasteiger charge is -2.29. The van der Waals surface area contributed by atoms with Crippen molar-refractivity contribution in [2.75, 3.05) is 34.2 Å². The number of carboxylic acid groups (broad SMARTS) is 4. The van der Waals surface area contributed by atoms with E-state index in [9.17, 15) is 92.3 Å². The van der Waals surface area contributed by atoms with Crippen molar-refractivity contribution in [1.29, 1.82) is 0 Å². The van der Waals surface area contributed by atoms with E-state index in [4.69, 9.17) is 28.0 Å². The Balaban J connectivity index is 3.71. The number of hydrogen-bond donors (Lipinski definition) is 19. The molecule has 11 amide bonds. The Morgan fingerprint density at radius 2 is 0.938 bits per heavy atom. The first-order valence-corrected chi connectivity index (χ1v) is 31.7. The Hall–Kier alpha value is -9.58. The molecule has 23 N–H and O–H groups in total. The van der Waals surface area contributed by atoms with Gasteiger partial charge in [0.25, 0.3) is 0 Å². The summed E-state index contributed by atoms with van der Waals surface area (Å²) >= 11 is 0. The summed E-state index contributed by atoms with van der Waals surface area (Å²) in [6.07, 6.45) is -5.49. The fourth-order valence-electron chi connectivity index (χ4n) is 9.37. The minimum Gasteiger partial charge on any atom is -0.481 e. The van der Waals surface area contributed by atoms with Crippen LogP contribution in [0.3, 0.4) is 0 Å². The van der Waals surface area contributed by atoms with Crippen LogP contribution in [0.25, 0.3) is 0 Å². The van der Waals surface area contributed by atoms with Crippen LogP contribution < -0.4 is 76.1 Å². The molecule has 1 aromatic carbocycles. The quantitative estimate of drug-likeness (QED) is 0.0126. The lowest BCUT2D eigenvalue weighted by molar-refractivity contribution is -0.870. The van der Waals surface area contributed by atoms with Gasteiger partial charge in [0.15, 0.2) is 5.96 Å². The molecule has 0 radical (unpaired) electrons. The van der Waals surface area contributed by atoms with Crippen LogP contribution in [0.5, 0.6) is 0 Å². The van der Waals surface area contributed by atoms with Crippen LogP contribution in [0.15, 0.2) is 35.3 Å². The molecule has 544 valence electrons. The molecule has 0 bridgehead atoms. The second-order valence-corrected chi connectivity index (χ2v) is 25.1. The number of aliphatic imine (C=N–C) groups is 1. The summed E-state index contributed by atoms with van der Waals surface area (Å²) in [6, 6.07) is -10.2. The maximum Gasteiger partial charge on any atom is 0.326 e. The van der Waals surface area contributed by atoms with Crippen LogP contribution in [-0.4, -0.2) is 232 Å². The summed E-state index contributed by atoms with van der Waals surface area (Å²) in [5.41, 5.74) is 22.3. The normalized spacial score (nSPS) is 15.3. The number of carbonyl (C=O) groups excluding carboxylic acids is 11. The number of rotatable bonds is 47. The monoisotopic (exact) mass is 1380 g/mol. The van der Waals surface area contributed by atoms with Crippen molar-refractivity contribution in [2.45, 2.75) is 204 Å². The first-order valence-electron chi connectivity index (χ1n) is 31.7. The van der Waals surface area contributed by atoms with Crippen molar-refractivity contribution >= 4 is 94.8 Å². The van der Waals surface area contributed by atoms with Crippen molar-refractivity contribution in [3.63, 3.8) is 0 Å². The van der Waals surface area contributed by atoms with Crippen LogP contribution in [0, 0.1) is 11.8 Å². The van der Waals surface area contributed by atoms with E-state index >= 15 is 0 Å². The number of guanidine groups is 1. The fourth-order valence-corrected chi connectivity index (χ4v) is 9.37. The molecule has 0 fully saturated rings. The second kappa shape index (κ2) is 42.8. The van der Waals surface area contributed by atoms with Gasteiger partial charge in [-0.2, -0.15) is 0 Å². The molecule has 0 aliphatic carbocycles. The van der Waals surface area contributed by atoms with Gasteiger partial charge in [0, 0.05) is 25.8 Å². The molecular weight excluding hydrogens is 1280 g/mol. The smallest absolute Gasteiger partial charge is 0.326 e. The first-order chi connectivity index (χ1) is 45.2. The van der Waals surface area contributed by atoms with Crippen LogP contribution in [0.1, 0.15) is 131 Å². The number of hydrogen-bond acceptors (Lipinski definition) is 18. The molecule has 13 atom stereocenters. The fraction of sp³-hybridized carbons (Fsp3) is 0.639. The van der Waals surface area contributed by atoms with Crippen LogP contribution in [0.4, 0.5) is 0 Å². The zero-order chi connectivity index (χ0) is 74.0. The molecular formula is C61H101N16O20+. The molecule has 0 aliphatic heterocycles. The minimum absolute atomic E-state index is 0.0289. The van der Waals surface area contributed by atoms with E-state index in [-0.39, 0.29) is 63.4 Å². The number of benzene rings is 1. The Kier molecular flexibility index (Phi) is 37.7. The zero-order valence-corrected chi connectivity index (χ0v) is 56.3. The summed E-state index contributed by atoms with van der Waals surface area (Å²) in [5.74, 6) is -19.0. The number of aliphatic hydroxyl groups excluding tert-OH is 1. The molecule has 0 aliphatic rings. The SMILES string of the molecule is CC[C@H](C)[C@H](NC(=O)[C@@H](N)CCC(=O)O)C(=O)N[C@@H](C)C(=O)N[C@@H](CCC(N)=O)C(=O)N[C@@H](CC(=O)O)C(=O)N[C@@H](Cc1ccccc1)C(=O)N[C@@H](CCCC[N+](C)(C)C)C(=O)N[C@H](C(=O)N[C@@H](CC(=O)O)C(=O)N[C@@H](CC(C)C)C(=O)N[C@@H](CCCN=C(N)N)C(=O)O)[C@@H](C)O. The van der Waals surface area contributed by atoms with Crippen LogP contribution in [0.2, 0.25) is 0 Å². The molecule has 0 heterocycles. The number of nitrogens with zero attached hydrogens (tertiary/aromatic N) is 2. The molecule has 0 unspecified atom stereocenters. The number of aliphatic hydroxyl groups is 1. The van der Waals surface area contributed by atoms with E-state index in [0.717, 1.165) is 6.92 Å². The minimum atomic E-state index is -2.05. The van der Waals surface area contributed by atoms with E-state index in [1.54, 1.807) is 58.0 Å². The van der Waals surface area contributed by atoms with E-state index < -0.39 is 199 Å². The van der Waals surface area contributed by atoms with Gasteiger partial charge in [-0.3, -0.25) is 72.1 Å². The standard InChI is InChI=1S/C61H100N16O20/c1-10-32(4)48(75-51(87)36(62)21-24-45(80)81)58(94)67-33(5)50(86)68-38(22-23-44(63)79)52(88)73-42(29-46(82)83)56(92)72-41(28-35-17-12-11-13-18-35)55(91)69-37(19-14-15-26-77(7,8)9)53(89)76-49(34(6)78)59(95)74-43(30-47(84)85)57(93)71-40(27-31(2)3)54(90)70-39(60(96)97)20-16-25-66-61(64)65/h11-13,17-18,31-34,36-43,48-49,78H,10,14-16,19-30,62H2,1-9H3,(H19-,63,64,65,66,67,68,69,70,71,72,73,74,75,76,79,80,81,82,83,84,85,86,87,88,89,90,91,92,93,94,95,96,97)/p+1/t32-,33-,34+,36-,37-,38-,39-,40-,41-,42-,43-,48-,49-/m0/s1. The lowest BCUT2D eigenvalue weighted by atomic mass is 9.97. The second-order valence-electron chi connectivity index (χ2n) is 25.1. The van der Waals surface area contributed by atoms with Gasteiger partial charge in [-0.15, -0.1) is 0 Å². The summed E-state index contributed by atoms with van der Waals surface area (Å²) in [7, 11) is 5.68. The van der Waals surface area contributed by atoms with Crippen molar-refractivity contribution in [3.8, 4) is 0 Å². The molecule has 1 aromatic rings. The molecule has 0 aromatic heterocycles. The highest BCUT2D eigenvalue weighted by molar-refractivity contribution is 6.00. The number of unbranched alkanes of at least 4 members (excludes halogenated alkanes) is 1. The number of carbonyl (C=O) groups is 15. The van der Waals surface area contributed by atoms with E-state index in [0.29, 0.717) is 29.4 Å². The number of aliphatic carboxylic acids is 4. The number of nitrogens with one attached hydrogen (secondary N) is 10. The van der Waals surface area contributed by atoms with Gasteiger partial charge in [-0.1, -0.05) is 64.4 Å². The van der Waals surface area contributed by atoms with Gasteiger partial charge < -0.3 is 106 Å². The van der Waals surface area contributed by atoms with Gasteiger partial charge in [0.1, 0.15) is 60.4 Å². The number of primary amides is 1. The Morgan fingerprint density at radius 1 is 0.485 bits per heavy atom. The maximum absolute atomic E-state index is 14.7. The van der Waals surface area contributed by atoms with Crippen molar-refractivity contribution in [2.24, 2.45) is 39.8 Å². The molecule has 97 heavy (non-hydrogen) atoms. The summed E-state index contributed by atoms with van der Waals surface area (Å²) < 4.78 is 0.471. The third-order valence-corrected chi connectivity index (χ3v) is 15.0. The van der Waals surface area contributed by atoms with E-state index in [2.05, 4.69) is 58.2 Å². The highest BCUT2D eigenvalue weighted by atomic mass is 16.4. The van der Waals surface area contributed by atoms with Gasteiger partial charge in [-0.05, 0) is 82.6 Å². The summed E-state index contributed by atoms with van der Waals surface area (Å²) in [4.78, 5) is 203. The largest absolute Gasteiger partial charge is 0.481 e. The van der Waals surface area contributed by atoms with Gasteiger partial charge in [0.2, 0.25) is 65.0 Å². The lowest BCUT2D eigenvalue weighted by Crippen LogP contribution is -2.62. The van der Waals surface area contributed by atoms with Gasteiger partial charge in [-0.25, -0.2) is 4.79 Å². The zero-order valence-electron chi connectivity index (χ0n) is 56.3. The number of quaternary nitrogens is 1. The first kappa shape index (κ1) is 85.4. The molecule has 0 saturated carbocycles. The number of carboxylic acids is 4. The molecule has 36 nitrogen and oxygen atoms in total. The average molecular weight is 1380 g/mol. The van der Waals surface area contributed by atoms with Crippen molar-refractivity contribution in [3.05, 3.63) is 35.9 Å². The Morgan fingerprint density at radius 3 is 1.44 bits per heavy atom. The third-order valence-electron chi connectivity index (χ3n) is 15.0. The number of amides is 11. The Bertz CT molecular complexity index is 2910. The average Bonchev–Trinajstić information content (AvgIpc) is 0.910. The molecule has 0 spiro atoms. The maximum atomic E-state index is 14.7. The van der Waals surface area contributed by atoms with E-state index in [1.807, 2.05) is 21.1 Å². The highest BCUT2D eigenvalue weighted by Gasteiger charge is 2.38. The highest BCUT2D eigenvalue weighted by Crippen LogP contribution is 2.14. The Labute approximate surface area is 562 Å². The topological polar surface area (TPSA) is 594 Å². The summed E-state index contributed by atoms with van der Waals surface area (Å²) in [6.45, 7) is 9.50. The van der Waals surface area contributed by atoms with Crippen LogP contribution >= 0.6 is 0 Å². The van der Waals surface area contributed by atoms with Crippen LogP contribution in [-0.2, 0) is 78.3 Å². The molecule has 0 saturated heterocycles. The van der Waals surface area contributed by atoms with Gasteiger partial charge in [0.05, 0.1) is 52.7 Å². The predicted molar refractivity (Wildman–Crippen MR) is 348 cm³/mol. The van der Waals surface area contributed by atoms with Gasteiger partial charge >= 0.3 is 23.9 Å². The number of nitrogens with two attached hydrogens (primary N) is 4. The molecule has 36 heteroatoms. The van der Waals surface area contributed by atoms with E-state index in [1.165, 1.54) is 6.92 Å². The molecule has 1 rings (SSSR count). The van der Waals surface area contributed by atoms with Crippen molar-refractivity contribution in [1.82, 2.24) is 53.2 Å². The van der Waals surface area contributed by atoms with Crippen molar-refractivity contribution < 1.29 is 102 Å². The predicted octanol–water partition coefficient (Wildman–Crippen LogP) is -5.01. The third kappa shape index (κ3) is 34.6.